The van der Waals surface area contributed by atoms with Crippen LogP contribution >= 0.6 is 45.2 Å². The summed E-state index contributed by atoms with van der Waals surface area (Å²) in [5, 5.41) is -0.492. The average Bonchev–Trinajstić information content (AvgIpc) is 2.18. The zero-order valence-electron chi connectivity index (χ0n) is 8.51. The Morgan fingerprint density at radius 2 is 1.81 bits per heavy atom. The summed E-state index contributed by atoms with van der Waals surface area (Å²) < 4.78 is 24.2. The summed E-state index contributed by atoms with van der Waals surface area (Å²) in [5.41, 5.74) is 0.822. The maximum absolute atomic E-state index is 12.1. The highest BCUT2D eigenvalue weighted by atomic mass is 127. The molecular weight excluding hydrogens is 450 g/mol. The smallest absolute Gasteiger partial charge is 0.162 e. The van der Waals surface area contributed by atoms with Crippen molar-refractivity contribution in [3.8, 4) is 0 Å². The zero-order chi connectivity index (χ0) is 12.2. The fourth-order valence-electron chi connectivity index (χ4n) is 1.31. The molecule has 0 fully saturated rings. The van der Waals surface area contributed by atoms with Gasteiger partial charge in [-0.1, -0.05) is 81.6 Å². The van der Waals surface area contributed by atoms with Crippen LogP contribution in [0.3, 0.4) is 0 Å². The molecule has 0 spiro atoms. The molecule has 88 valence electrons. The van der Waals surface area contributed by atoms with Crippen LogP contribution in [-0.4, -0.2) is 15.6 Å². The van der Waals surface area contributed by atoms with Crippen LogP contribution in [0.4, 0.5) is 0 Å². The number of rotatable bonds is 5. The molecule has 0 aliphatic heterocycles. The van der Waals surface area contributed by atoms with Crippen molar-refractivity contribution in [1.82, 2.24) is 0 Å². The third kappa shape index (κ3) is 3.99. The van der Waals surface area contributed by atoms with Crippen molar-refractivity contribution in [2.75, 3.05) is 0 Å². The molecule has 0 amide bonds. The SMILES string of the molecule is C=CC(C(I)I)S(=O)(=O)Cc1ccccc1. The number of sulfone groups is 1. The van der Waals surface area contributed by atoms with Crippen LogP contribution in [-0.2, 0) is 15.6 Å². The standard InChI is InChI=1S/C11H12I2O2S/c1-2-10(11(12)13)16(14,15)8-9-6-4-3-5-7-9/h2-7,10-11H,1,8H2. The Balaban J connectivity index is 2.91. The van der Waals surface area contributed by atoms with Gasteiger partial charge in [-0.15, -0.1) is 6.58 Å². The summed E-state index contributed by atoms with van der Waals surface area (Å²) in [5.74, 6) is 0.0764. The largest absolute Gasteiger partial charge is 0.228 e. The van der Waals surface area contributed by atoms with Gasteiger partial charge in [-0.25, -0.2) is 8.42 Å². The molecular formula is C11H12I2O2S. The van der Waals surface area contributed by atoms with Gasteiger partial charge < -0.3 is 0 Å². The summed E-state index contributed by atoms with van der Waals surface area (Å²) in [7, 11) is -3.16. The predicted molar refractivity (Wildman–Crippen MR) is 84.9 cm³/mol. The summed E-state index contributed by atoms with van der Waals surface area (Å²) in [4.78, 5) is 0. The Labute approximate surface area is 124 Å². The van der Waals surface area contributed by atoms with Gasteiger partial charge >= 0.3 is 0 Å². The second-order valence-corrected chi connectivity index (χ2v) is 10.6. The normalized spacial score (nSPS) is 13.7. The van der Waals surface area contributed by atoms with E-state index in [-0.39, 0.29) is 7.68 Å². The Kier molecular flexibility index (Phi) is 5.72. The lowest BCUT2D eigenvalue weighted by atomic mass is 10.2. The molecule has 0 aliphatic rings. The van der Waals surface area contributed by atoms with Gasteiger partial charge in [-0.05, 0) is 5.56 Å². The predicted octanol–water partition coefficient (Wildman–Crippen LogP) is 3.35. The van der Waals surface area contributed by atoms with Crippen LogP contribution in [0.2, 0.25) is 0 Å². The monoisotopic (exact) mass is 462 g/mol. The van der Waals surface area contributed by atoms with Crippen LogP contribution in [0.25, 0.3) is 0 Å². The number of halogens is 2. The minimum Gasteiger partial charge on any atom is -0.228 e. The Hall–Kier alpha value is 0.370. The maximum atomic E-state index is 12.1. The Morgan fingerprint density at radius 1 is 1.25 bits per heavy atom. The first-order chi connectivity index (χ1) is 7.47. The van der Waals surface area contributed by atoms with Crippen molar-refractivity contribution in [2.24, 2.45) is 0 Å². The van der Waals surface area contributed by atoms with Crippen molar-refractivity contribution >= 4 is 55.0 Å². The van der Waals surface area contributed by atoms with Crippen LogP contribution in [0.1, 0.15) is 5.56 Å². The van der Waals surface area contributed by atoms with Crippen LogP contribution in [0, 0.1) is 0 Å². The summed E-state index contributed by atoms with van der Waals surface area (Å²) in [6.45, 7) is 3.60. The molecule has 0 saturated carbocycles. The molecule has 16 heavy (non-hydrogen) atoms. The highest BCUT2D eigenvalue weighted by Crippen LogP contribution is 2.24. The molecule has 0 bridgehead atoms. The maximum Gasteiger partial charge on any atom is 0.162 e. The van der Waals surface area contributed by atoms with E-state index in [1.807, 2.05) is 30.3 Å². The van der Waals surface area contributed by atoms with Gasteiger partial charge in [0.2, 0.25) is 0 Å². The lowest BCUT2D eigenvalue weighted by Crippen LogP contribution is -2.26. The average molecular weight is 462 g/mol. The number of hydrogen-bond donors (Lipinski definition) is 0. The van der Waals surface area contributed by atoms with Crippen molar-refractivity contribution in [3.63, 3.8) is 0 Å². The van der Waals surface area contributed by atoms with E-state index in [9.17, 15) is 8.42 Å². The van der Waals surface area contributed by atoms with E-state index in [0.717, 1.165) is 5.56 Å². The molecule has 0 aromatic heterocycles. The topological polar surface area (TPSA) is 34.1 Å². The van der Waals surface area contributed by atoms with Gasteiger partial charge in [0.05, 0.1) is 7.68 Å². The van der Waals surface area contributed by atoms with Crippen LogP contribution < -0.4 is 0 Å². The van der Waals surface area contributed by atoms with E-state index in [1.165, 1.54) is 6.08 Å². The molecule has 5 heteroatoms. The molecule has 0 saturated heterocycles. The molecule has 1 atom stereocenters. The molecule has 0 radical (unpaired) electrons. The molecule has 0 N–H and O–H groups in total. The van der Waals surface area contributed by atoms with E-state index < -0.39 is 15.1 Å². The van der Waals surface area contributed by atoms with Crippen LogP contribution in [0.15, 0.2) is 43.0 Å². The molecule has 0 aliphatic carbocycles. The van der Waals surface area contributed by atoms with E-state index in [1.54, 1.807) is 0 Å². The molecule has 0 heterocycles. The van der Waals surface area contributed by atoms with Gasteiger partial charge in [0.15, 0.2) is 9.84 Å². The molecule has 1 rings (SSSR count). The second kappa shape index (κ2) is 6.34. The molecule has 1 aromatic carbocycles. The third-order valence-corrected chi connectivity index (χ3v) is 6.66. The highest BCUT2D eigenvalue weighted by Gasteiger charge is 2.27. The van der Waals surface area contributed by atoms with E-state index in [0.29, 0.717) is 0 Å². The van der Waals surface area contributed by atoms with Crippen molar-refractivity contribution < 1.29 is 8.42 Å². The van der Waals surface area contributed by atoms with Gasteiger partial charge in [-0.2, -0.15) is 0 Å². The number of benzene rings is 1. The van der Waals surface area contributed by atoms with Gasteiger partial charge in [0.25, 0.3) is 0 Å². The fraction of sp³-hybridized carbons (Fsp3) is 0.273. The van der Waals surface area contributed by atoms with Crippen molar-refractivity contribution in [1.29, 1.82) is 0 Å². The first-order valence-electron chi connectivity index (χ1n) is 4.63. The van der Waals surface area contributed by atoms with E-state index in [2.05, 4.69) is 51.8 Å². The quantitative estimate of drug-likeness (QED) is 0.383. The molecule has 1 unspecified atom stereocenters. The highest BCUT2D eigenvalue weighted by molar-refractivity contribution is 14.2. The fourth-order valence-corrected chi connectivity index (χ4v) is 6.04. The zero-order valence-corrected chi connectivity index (χ0v) is 13.6. The van der Waals surface area contributed by atoms with E-state index >= 15 is 0 Å². The lowest BCUT2D eigenvalue weighted by Gasteiger charge is -2.15. The first kappa shape index (κ1) is 14.4. The van der Waals surface area contributed by atoms with Gasteiger partial charge in [0.1, 0.15) is 5.25 Å². The Bertz CT molecular complexity index is 440. The Morgan fingerprint density at radius 3 is 2.25 bits per heavy atom. The lowest BCUT2D eigenvalue weighted by molar-refractivity contribution is 0.591. The minimum absolute atomic E-state index is 0.00131. The minimum atomic E-state index is -3.16. The number of hydrogen-bond acceptors (Lipinski definition) is 2. The summed E-state index contributed by atoms with van der Waals surface area (Å²) >= 11 is 4.22. The van der Waals surface area contributed by atoms with Gasteiger partial charge in [-0.3, -0.25) is 0 Å². The molecule has 2 nitrogen and oxygen atoms in total. The first-order valence-corrected chi connectivity index (χ1v) is 8.84. The van der Waals surface area contributed by atoms with E-state index in [4.69, 9.17) is 0 Å². The molecule has 1 aromatic rings. The summed E-state index contributed by atoms with van der Waals surface area (Å²) in [6, 6.07) is 9.22. The van der Waals surface area contributed by atoms with Crippen molar-refractivity contribution in [3.05, 3.63) is 48.6 Å². The number of alkyl halides is 2. The second-order valence-electron chi connectivity index (χ2n) is 3.33. The van der Waals surface area contributed by atoms with Crippen molar-refractivity contribution in [2.45, 2.75) is 12.9 Å². The van der Waals surface area contributed by atoms with Gasteiger partial charge in [0, 0.05) is 0 Å². The third-order valence-electron chi connectivity index (χ3n) is 2.11. The summed E-state index contributed by atoms with van der Waals surface area (Å²) in [6.07, 6.45) is 1.52. The van der Waals surface area contributed by atoms with Crippen LogP contribution in [0.5, 0.6) is 0 Å².